The van der Waals surface area contributed by atoms with Gasteiger partial charge in [-0.1, -0.05) is 86.6 Å². The monoisotopic (exact) mass is 460 g/mol. The second-order valence-corrected chi connectivity index (χ2v) is 11.0. The Labute approximate surface area is 208 Å². The molecule has 36 heavy (non-hydrogen) atoms. The number of fused-ring (bicyclic) bond motifs is 9. The molecule has 0 bridgehead atoms. The Kier molecular flexibility index (Phi) is 3.11. The Balaban J connectivity index is 1.78. The van der Waals surface area contributed by atoms with Crippen LogP contribution in [0.3, 0.4) is 0 Å². The van der Waals surface area contributed by atoms with Crippen molar-refractivity contribution in [2.45, 2.75) is 19.3 Å². The van der Waals surface area contributed by atoms with Crippen LogP contribution < -0.4 is 0 Å². The molecule has 3 aromatic heterocycles. The van der Waals surface area contributed by atoms with Gasteiger partial charge in [-0.2, -0.15) is 0 Å². The number of para-hydroxylation sites is 2. The summed E-state index contributed by atoms with van der Waals surface area (Å²) < 4.78 is 5.01. The molecule has 0 atom stereocenters. The molecule has 2 nitrogen and oxygen atoms in total. The number of aryl methyl sites for hydroxylation is 1. The molecule has 8 aromatic rings. The van der Waals surface area contributed by atoms with Crippen molar-refractivity contribution in [3.8, 4) is 11.1 Å². The molecule has 170 valence electrons. The van der Waals surface area contributed by atoms with Gasteiger partial charge in [-0.05, 0) is 40.3 Å². The van der Waals surface area contributed by atoms with Crippen LogP contribution in [0.2, 0.25) is 0 Å². The maximum absolute atomic E-state index is 2.60. The van der Waals surface area contributed by atoms with Gasteiger partial charge >= 0.3 is 0 Å². The molecule has 0 unspecified atom stereocenters. The highest BCUT2D eigenvalue weighted by atomic mass is 15.0. The molecular formula is C34H24N2. The quantitative estimate of drug-likeness (QED) is 0.214. The van der Waals surface area contributed by atoms with E-state index in [1.54, 1.807) is 0 Å². The Morgan fingerprint density at radius 1 is 0.556 bits per heavy atom. The predicted molar refractivity (Wildman–Crippen MR) is 153 cm³/mol. The molecule has 0 amide bonds. The summed E-state index contributed by atoms with van der Waals surface area (Å²) in [5.41, 5.74) is 12.1. The molecule has 0 saturated heterocycles. The average molecular weight is 461 g/mol. The van der Waals surface area contributed by atoms with E-state index in [1.165, 1.54) is 82.2 Å². The number of aromatic nitrogens is 2. The first kappa shape index (κ1) is 19.0. The molecular weight excluding hydrogens is 436 g/mol. The van der Waals surface area contributed by atoms with E-state index in [1.807, 2.05) is 0 Å². The standard InChI is InChI=1S/C34H24N2/c1-34(2)24-15-6-4-11-23(24)29-25(34)18-28-31-30-20(12-9-17-27(30)35(28)3)22-14-8-13-21-19-10-5-7-16-26(19)36(32(21)22)33(29)31/h4-18H,1-3H3. The summed E-state index contributed by atoms with van der Waals surface area (Å²) in [6.45, 7) is 4.77. The summed E-state index contributed by atoms with van der Waals surface area (Å²) >= 11 is 0. The Morgan fingerprint density at radius 2 is 1.22 bits per heavy atom. The van der Waals surface area contributed by atoms with Gasteiger partial charge in [0.2, 0.25) is 0 Å². The van der Waals surface area contributed by atoms with Gasteiger partial charge in [0.15, 0.2) is 0 Å². The Bertz CT molecular complexity index is 2240. The number of nitrogens with zero attached hydrogens (tertiary/aromatic N) is 2. The van der Waals surface area contributed by atoms with E-state index in [-0.39, 0.29) is 5.41 Å². The highest BCUT2D eigenvalue weighted by Crippen LogP contribution is 2.54. The Hall–Kier alpha value is -4.30. The third-order valence-corrected chi connectivity index (χ3v) is 9.05. The van der Waals surface area contributed by atoms with E-state index in [0.717, 1.165) is 0 Å². The fourth-order valence-corrected chi connectivity index (χ4v) is 7.45. The molecule has 0 N–H and O–H groups in total. The zero-order chi connectivity index (χ0) is 23.9. The van der Waals surface area contributed by atoms with Crippen molar-refractivity contribution < 1.29 is 0 Å². The number of hydrogen-bond acceptors (Lipinski definition) is 0. The van der Waals surface area contributed by atoms with Crippen LogP contribution in [-0.4, -0.2) is 8.97 Å². The molecule has 2 heteroatoms. The third kappa shape index (κ3) is 1.89. The van der Waals surface area contributed by atoms with Gasteiger partial charge in [-0.3, -0.25) is 0 Å². The van der Waals surface area contributed by atoms with E-state index < -0.39 is 0 Å². The summed E-state index contributed by atoms with van der Waals surface area (Å²) in [5.74, 6) is 0. The van der Waals surface area contributed by atoms with Gasteiger partial charge in [0.25, 0.3) is 0 Å². The van der Waals surface area contributed by atoms with Crippen LogP contribution in [0.5, 0.6) is 0 Å². The molecule has 5 aromatic carbocycles. The summed E-state index contributed by atoms with van der Waals surface area (Å²) in [6, 6.07) is 34.1. The second-order valence-electron chi connectivity index (χ2n) is 11.0. The second kappa shape index (κ2) is 5.91. The topological polar surface area (TPSA) is 9.34 Å². The minimum Gasteiger partial charge on any atom is -0.344 e. The molecule has 0 aliphatic heterocycles. The maximum atomic E-state index is 2.60. The lowest BCUT2D eigenvalue weighted by Crippen LogP contribution is -2.15. The van der Waals surface area contributed by atoms with Gasteiger partial charge in [0.05, 0.1) is 22.1 Å². The number of rotatable bonds is 0. The smallest absolute Gasteiger partial charge is 0.0644 e. The SMILES string of the molecule is Cn1c2cccc3c4cccc5c6ccccc6n(c6c7c(cc1c6c32)C(C)(C)c1ccccc1-7)c45. The van der Waals surface area contributed by atoms with Crippen LogP contribution in [0.15, 0.2) is 91.0 Å². The normalized spacial score (nSPS) is 14.8. The van der Waals surface area contributed by atoms with Crippen molar-refractivity contribution in [2.75, 3.05) is 0 Å². The van der Waals surface area contributed by atoms with Crippen molar-refractivity contribution in [3.05, 3.63) is 102 Å². The number of hydrogen-bond donors (Lipinski definition) is 0. The predicted octanol–water partition coefficient (Wildman–Crippen LogP) is 8.79. The third-order valence-electron chi connectivity index (χ3n) is 9.05. The lowest BCUT2D eigenvalue weighted by molar-refractivity contribution is 0.661. The highest BCUT2D eigenvalue weighted by Gasteiger charge is 2.38. The summed E-state index contributed by atoms with van der Waals surface area (Å²) in [7, 11) is 2.23. The fourth-order valence-electron chi connectivity index (χ4n) is 7.45. The van der Waals surface area contributed by atoms with Crippen molar-refractivity contribution in [1.82, 2.24) is 8.97 Å². The van der Waals surface area contributed by atoms with E-state index in [2.05, 4.69) is 121 Å². The molecule has 0 fully saturated rings. The lowest BCUT2D eigenvalue weighted by atomic mass is 9.82. The summed E-state index contributed by atoms with van der Waals surface area (Å²) in [5, 5.41) is 8.03. The Morgan fingerprint density at radius 3 is 2.11 bits per heavy atom. The zero-order valence-corrected chi connectivity index (χ0v) is 20.6. The van der Waals surface area contributed by atoms with Gasteiger partial charge < -0.3 is 8.97 Å². The average Bonchev–Trinajstić information content (AvgIpc) is 3.44. The highest BCUT2D eigenvalue weighted by molar-refractivity contribution is 6.32. The van der Waals surface area contributed by atoms with Crippen LogP contribution in [0.4, 0.5) is 0 Å². The largest absolute Gasteiger partial charge is 0.344 e. The molecule has 1 aliphatic carbocycles. The fraction of sp³-hybridized carbons (Fsp3) is 0.118. The first-order valence-electron chi connectivity index (χ1n) is 12.8. The van der Waals surface area contributed by atoms with Crippen LogP contribution in [0, 0.1) is 0 Å². The molecule has 0 spiro atoms. The summed E-state index contributed by atoms with van der Waals surface area (Å²) in [6.07, 6.45) is 0. The van der Waals surface area contributed by atoms with E-state index in [4.69, 9.17) is 0 Å². The van der Waals surface area contributed by atoms with Crippen molar-refractivity contribution in [3.63, 3.8) is 0 Å². The minimum atomic E-state index is -0.0657. The van der Waals surface area contributed by atoms with Crippen LogP contribution in [0.1, 0.15) is 25.0 Å². The molecule has 0 radical (unpaired) electrons. The van der Waals surface area contributed by atoms with E-state index >= 15 is 0 Å². The van der Waals surface area contributed by atoms with Crippen LogP contribution in [0.25, 0.3) is 71.0 Å². The first-order chi connectivity index (χ1) is 17.6. The van der Waals surface area contributed by atoms with E-state index in [9.17, 15) is 0 Å². The molecule has 1 aliphatic rings. The van der Waals surface area contributed by atoms with Crippen molar-refractivity contribution in [1.29, 1.82) is 0 Å². The van der Waals surface area contributed by atoms with Crippen LogP contribution >= 0.6 is 0 Å². The number of benzene rings is 5. The van der Waals surface area contributed by atoms with E-state index in [0.29, 0.717) is 0 Å². The first-order valence-corrected chi connectivity index (χ1v) is 12.8. The van der Waals surface area contributed by atoms with Crippen molar-refractivity contribution >= 4 is 59.9 Å². The molecule has 0 saturated carbocycles. The van der Waals surface area contributed by atoms with Crippen LogP contribution in [-0.2, 0) is 12.5 Å². The van der Waals surface area contributed by atoms with Gasteiger partial charge in [-0.15, -0.1) is 0 Å². The molecule has 9 rings (SSSR count). The minimum absolute atomic E-state index is 0.0657. The van der Waals surface area contributed by atoms with Gasteiger partial charge in [-0.25, -0.2) is 0 Å². The zero-order valence-electron chi connectivity index (χ0n) is 20.6. The van der Waals surface area contributed by atoms with Gasteiger partial charge in [0, 0.05) is 50.5 Å². The van der Waals surface area contributed by atoms with Crippen molar-refractivity contribution in [2.24, 2.45) is 7.05 Å². The molecule has 3 heterocycles. The summed E-state index contributed by atoms with van der Waals surface area (Å²) in [4.78, 5) is 0. The van der Waals surface area contributed by atoms with Gasteiger partial charge in [0.1, 0.15) is 0 Å². The maximum Gasteiger partial charge on any atom is 0.0644 e. The lowest BCUT2D eigenvalue weighted by Gasteiger charge is -2.22.